The summed E-state index contributed by atoms with van der Waals surface area (Å²) < 4.78 is 13.6. The van der Waals surface area contributed by atoms with E-state index in [9.17, 15) is 14.0 Å². The SMILES string of the molecule is CC(CCc1ccccc1F)C(=O)N1CCC(C(N)=O)CC1. The number of primary amides is 1. The molecule has 1 aromatic rings. The van der Waals surface area contributed by atoms with E-state index < -0.39 is 0 Å². The highest BCUT2D eigenvalue weighted by Crippen LogP contribution is 2.20. The number of aryl methyl sites for hydroxylation is 1. The Morgan fingerprint density at radius 3 is 2.55 bits per heavy atom. The monoisotopic (exact) mass is 306 g/mol. The van der Waals surface area contributed by atoms with Crippen LogP contribution in [0.25, 0.3) is 0 Å². The quantitative estimate of drug-likeness (QED) is 0.905. The van der Waals surface area contributed by atoms with Crippen molar-refractivity contribution >= 4 is 11.8 Å². The van der Waals surface area contributed by atoms with Crippen LogP contribution in [0.2, 0.25) is 0 Å². The van der Waals surface area contributed by atoms with Crippen molar-refractivity contribution in [1.82, 2.24) is 4.90 Å². The van der Waals surface area contributed by atoms with E-state index in [1.807, 2.05) is 6.92 Å². The third kappa shape index (κ3) is 4.06. The van der Waals surface area contributed by atoms with Gasteiger partial charge in [-0.3, -0.25) is 9.59 Å². The van der Waals surface area contributed by atoms with Crippen LogP contribution in [0.4, 0.5) is 4.39 Å². The first-order chi connectivity index (χ1) is 10.5. The summed E-state index contributed by atoms with van der Waals surface area (Å²) in [6.07, 6.45) is 2.45. The molecule has 1 fully saturated rings. The zero-order valence-corrected chi connectivity index (χ0v) is 12.9. The third-order valence-corrected chi connectivity index (χ3v) is 4.44. The second-order valence-corrected chi connectivity index (χ2v) is 6.03. The number of nitrogens with zero attached hydrogens (tertiary/aromatic N) is 1. The van der Waals surface area contributed by atoms with Gasteiger partial charge in [0.15, 0.2) is 0 Å². The molecule has 1 unspecified atom stereocenters. The number of nitrogens with two attached hydrogens (primary N) is 1. The molecular weight excluding hydrogens is 283 g/mol. The van der Waals surface area contributed by atoms with Crippen molar-refractivity contribution in [1.29, 1.82) is 0 Å². The summed E-state index contributed by atoms with van der Waals surface area (Å²) in [5.74, 6) is -0.675. The van der Waals surface area contributed by atoms with E-state index in [4.69, 9.17) is 5.73 Å². The van der Waals surface area contributed by atoms with E-state index in [-0.39, 0.29) is 29.5 Å². The molecule has 1 aromatic carbocycles. The molecule has 0 aromatic heterocycles. The highest BCUT2D eigenvalue weighted by Gasteiger charge is 2.28. The fourth-order valence-electron chi connectivity index (χ4n) is 2.89. The minimum absolute atomic E-state index is 0.0826. The van der Waals surface area contributed by atoms with Crippen molar-refractivity contribution in [3.8, 4) is 0 Å². The van der Waals surface area contributed by atoms with E-state index in [2.05, 4.69) is 0 Å². The van der Waals surface area contributed by atoms with Gasteiger partial charge in [-0.05, 0) is 37.3 Å². The van der Waals surface area contributed by atoms with Crippen LogP contribution in [-0.2, 0) is 16.0 Å². The summed E-state index contributed by atoms with van der Waals surface area (Å²) in [7, 11) is 0. The van der Waals surface area contributed by atoms with Crippen LogP contribution >= 0.6 is 0 Å². The topological polar surface area (TPSA) is 63.4 Å². The number of amides is 2. The van der Waals surface area contributed by atoms with E-state index in [1.54, 1.807) is 23.1 Å². The summed E-state index contributed by atoms with van der Waals surface area (Å²) in [5, 5.41) is 0. The second kappa shape index (κ2) is 7.38. The lowest BCUT2D eigenvalue weighted by Gasteiger charge is -2.32. The lowest BCUT2D eigenvalue weighted by molar-refractivity contribution is -0.138. The third-order valence-electron chi connectivity index (χ3n) is 4.44. The van der Waals surface area contributed by atoms with Gasteiger partial charge in [-0.1, -0.05) is 25.1 Å². The molecule has 2 N–H and O–H groups in total. The molecule has 1 aliphatic heterocycles. The van der Waals surface area contributed by atoms with Gasteiger partial charge in [0.1, 0.15) is 5.82 Å². The lowest BCUT2D eigenvalue weighted by atomic mass is 9.94. The van der Waals surface area contributed by atoms with E-state index >= 15 is 0 Å². The first-order valence-corrected chi connectivity index (χ1v) is 7.80. The van der Waals surface area contributed by atoms with Crippen molar-refractivity contribution < 1.29 is 14.0 Å². The van der Waals surface area contributed by atoms with Crippen molar-refractivity contribution in [3.05, 3.63) is 35.6 Å². The van der Waals surface area contributed by atoms with Gasteiger partial charge < -0.3 is 10.6 Å². The highest BCUT2D eigenvalue weighted by molar-refractivity contribution is 5.80. The van der Waals surface area contributed by atoms with Gasteiger partial charge in [0.2, 0.25) is 11.8 Å². The Morgan fingerprint density at radius 2 is 1.95 bits per heavy atom. The molecule has 22 heavy (non-hydrogen) atoms. The minimum Gasteiger partial charge on any atom is -0.369 e. The van der Waals surface area contributed by atoms with Gasteiger partial charge in [0, 0.05) is 24.9 Å². The number of hydrogen-bond donors (Lipinski definition) is 1. The number of benzene rings is 1. The molecule has 2 rings (SSSR count). The predicted octanol–water partition coefficient (Wildman–Crippen LogP) is 2.12. The Morgan fingerprint density at radius 1 is 1.32 bits per heavy atom. The number of piperidine rings is 1. The molecule has 1 atom stereocenters. The van der Waals surface area contributed by atoms with Crippen LogP contribution in [0, 0.1) is 17.7 Å². The molecule has 0 radical (unpaired) electrons. The van der Waals surface area contributed by atoms with Crippen molar-refractivity contribution in [2.75, 3.05) is 13.1 Å². The van der Waals surface area contributed by atoms with Crippen LogP contribution < -0.4 is 5.73 Å². The predicted molar refractivity (Wildman–Crippen MR) is 82.4 cm³/mol. The lowest BCUT2D eigenvalue weighted by Crippen LogP contribution is -2.43. The molecule has 2 amide bonds. The number of likely N-dealkylation sites (tertiary alicyclic amines) is 1. The number of hydrogen-bond acceptors (Lipinski definition) is 2. The van der Waals surface area contributed by atoms with Gasteiger partial charge in [0.25, 0.3) is 0 Å². The van der Waals surface area contributed by atoms with Crippen LogP contribution in [0.3, 0.4) is 0 Å². The van der Waals surface area contributed by atoms with Crippen LogP contribution in [0.1, 0.15) is 31.7 Å². The minimum atomic E-state index is -0.278. The summed E-state index contributed by atoms with van der Waals surface area (Å²) in [6, 6.07) is 6.66. The van der Waals surface area contributed by atoms with Crippen LogP contribution in [0.5, 0.6) is 0 Å². The molecule has 1 saturated heterocycles. The van der Waals surface area contributed by atoms with Gasteiger partial charge in [0.05, 0.1) is 0 Å². The van der Waals surface area contributed by atoms with E-state index in [0.717, 1.165) is 0 Å². The van der Waals surface area contributed by atoms with Gasteiger partial charge >= 0.3 is 0 Å². The first-order valence-electron chi connectivity index (χ1n) is 7.80. The van der Waals surface area contributed by atoms with Crippen LogP contribution in [-0.4, -0.2) is 29.8 Å². The zero-order valence-electron chi connectivity index (χ0n) is 12.9. The summed E-state index contributed by atoms with van der Waals surface area (Å²) >= 11 is 0. The standard InChI is InChI=1S/C17H23FN2O2/c1-12(6-7-13-4-2-3-5-15(13)18)17(22)20-10-8-14(9-11-20)16(19)21/h2-5,12,14H,6-11H2,1H3,(H2,19,21). The first kappa shape index (κ1) is 16.5. The number of carbonyl (C=O) groups is 2. The molecule has 0 spiro atoms. The summed E-state index contributed by atoms with van der Waals surface area (Å²) in [5.41, 5.74) is 5.94. The normalized spacial score (nSPS) is 17.3. The molecule has 0 saturated carbocycles. The number of carbonyl (C=O) groups excluding carboxylic acids is 2. The van der Waals surface area contributed by atoms with E-state index in [1.165, 1.54) is 6.07 Å². The molecule has 120 valence electrons. The summed E-state index contributed by atoms with van der Waals surface area (Å²) in [4.78, 5) is 25.3. The maximum Gasteiger partial charge on any atom is 0.225 e. The molecule has 0 bridgehead atoms. The van der Waals surface area contributed by atoms with Crippen molar-refractivity contribution in [2.24, 2.45) is 17.6 Å². The highest BCUT2D eigenvalue weighted by atomic mass is 19.1. The fraction of sp³-hybridized carbons (Fsp3) is 0.529. The average Bonchev–Trinajstić information content (AvgIpc) is 2.53. The van der Waals surface area contributed by atoms with Crippen molar-refractivity contribution in [3.63, 3.8) is 0 Å². The molecule has 1 aliphatic rings. The van der Waals surface area contributed by atoms with Gasteiger partial charge in [-0.2, -0.15) is 0 Å². The average molecular weight is 306 g/mol. The molecule has 1 heterocycles. The Hall–Kier alpha value is -1.91. The Balaban J connectivity index is 1.83. The second-order valence-electron chi connectivity index (χ2n) is 6.03. The maximum atomic E-state index is 13.6. The van der Waals surface area contributed by atoms with Gasteiger partial charge in [-0.15, -0.1) is 0 Å². The van der Waals surface area contributed by atoms with Crippen LogP contribution in [0.15, 0.2) is 24.3 Å². The zero-order chi connectivity index (χ0) is 16.1. The molecule has 0 aliphatic carbocycles. The smallest absolute Gasteiger partial charge is 0.225 e. The molecule has 5 heteroatoms. The molecular formula is C17H23FN2O2. The number of rotatable bonds is 5. The Labute approximate surface area is 130 Å². The Kier molecular flexibility index (Phi) is 5.52. The number of halogens is 1. The Bertz CT molecular complexity index is 539. The maximum absolute atomic E-state index is 13.6. The fourth-order valence-corrected chi connectivity index (χ4v) is 2.89. The largest absolute Gasteiger partial charge is 0.369 e. The van der Waals surface area contributed by atoms with E-state index in [0.29, 0.717) is 44.3 Å². The summed E-state index contributed by atoms with van der Waals surface area (Å²) in [6.45, 7) is 3.04. The van der Waals surface area contributed by atoms with Gasteiger partial charge in [-0.25, -0.2) is 4.39 Å². The van der Waals surface area contributed by atoms with Crippen molar-refractivity contribution in [2.45, 2.75) is 32.6 Å². The molecule has 4 nitrogen and oxygen atoms in total.